The molecule has 0 radical (unpaired) electrons. The molecule has 0 N–H and O–H groups in total. The van der Waals surface area contributed by atoms with Gasteiger partial charge in [-0.2, -0.15) is 0 Å². The van der Waals surface area contributed by atoms with E-state index in [1.54, 1.807) is 18.9 Å². The predicted octanol–water partition coefficient (Wildman–Crippen LogP) is 4.44. The van der Waals surface area contributed by atoms with Crippen LogP contribution >= 0.6 is 23.1 Å². The van der Waals surface area contributed by atoms with Crippen molar-refractivity contribution < 1.29 is 4.79 Å². The van der Waals surface area contributed by atoms with Crippen molar-refractivity contribution in [1.29, 1.82) is 0 Å². The zero-order valence-corrected chi connectivity index (χ0v) is 14.5. The summed E-state index contributed by atoms with van der Waals surface area (Å²) in [7, 11) is 1.77. The largest absolute Gasteiger partial charge is 0.292 e. The molecule has 1 aliphatic rings. The van der Waals surface area contributed by atoms with Crippen LogP contribution in [0.25, 0.3) is 0 Å². The van der Waals surface area contributed by atoms with E-state index in [1.807, 2.05) is 11.8 Å². The number of thiazole rings is 1. The van der Waals surface area contributed by atoms with E-state index in [0.29, 0.717) is 5.25 Å². The summed E-state index contributed by atoms with van der Waals surface area (Å²) >= 11 is 3.51. The van der Waals surface area contributed by atoms with Crippen molar-refractivity contribution in [3.05, 3.63) is 46.5 Å². The molecule has 0 saturated carbocycles. The third kappa shape index (κ3) is 3.36. The van der Waals surface area contributed by atoms with Gasteiger partial charge in [-0.15, -0.1) is 23.1 Å². The Balaban J connectivity index is 1.65. The SMILES string of the molecule is CC(=O)N(C)c1nc(CS[C@H]2CCCc3ccccc32)cs1. The van der Waals surface area contributed by atoms with Gasteiger partial charge in [0.25, 0.3) is 0 Å². The number of anilines is 1. The van der Waals surface area contributed by atoms with Crippen LogP contribution in [0, 0.1) is 0 Å². The number of aryl methyl sites for hydroxylation is 1. The van der Waals surface area contributed by atoms with E-state index < -0.39 is 0 Å². The lowest BCUT2D eigenvalue weighted by molar-refractivity contribution is -0.116. The molecule has 1 aromatic carbocycles. The molecule has 1 atom stereocenters. The fourth-order valence-electron chi connectivity index (χ4n) is 2.72. The fourth-order valence-corrected chi connectivity index (χ4v) is 4.92. The smallest absolute Gasteiger partial charge is 0.225 e. The third-order valence-corrected chi connectivity index (χ3v) is 6.37. The molecule has 1 amide bonds. The van der Waals surface area contributed by atoms with Crippen LogP contribution in [0.2, 0.25) is 0 Å². The van der Waals surface area contributed by atoms with Crippen LogP contribution in [0.5, 0.6) is 0 Å². The summed E-state index contributed by atoms with van der Waals surface area (Å²) in [5.74, 6) is 0.927. The summed E-state index contributed by atoms with van der Waals surface area (Å²) in [6, 6.07) is 8.80. The van der Waals surface area contributed by atoms with Gasteiger partial charge in [0, 0.05) is 30.4 Å². The molecule has 3 nitrogen and oxygen atoms in total. The predicted molar refractivity (Wildman–Crippen MR) is 94.6 cm³/mol. The average molecular weight is 332 g/mol. The van der Waals surface area contributed by atoms with Crippen molar-refractivity contribution in [2.45, 2.75) is 37.2 Å². The van der Waals surface area contributed by atoms with Crippen molar-refractivity contribution in [3.63, 3.8) is 0 Å². The van der Waals surface area contributed by atoms with Crippen LogP contribution in [0.4, 0.5) is 5.13 Å². The van der Waals surface area contributed by atoms with Gasteiger partial charge in [0.1, 0.15) is 0 Å². The summed E-state index contributed by atoms with van der Waals surface area (Å²) < 4.78 is 0. The highest BCUT2D eigenvalue weighted by molar-refractivity contribution is 7.98. The van der Waals surface area contributed by atoms with Gasteiger partial charge in [-0.25, -0.2) is 4.98 Å². The number of fused-ring (bicyclic) bond motifs is 1. The molecule has 5 heteroatoms. The van der Waals surface area contributed by atoms with Gasteiger partial charge in [0.2, 0.25) is 5.91 Å². The summed E-state index contributed by atoms with van der Waals surface area (Å²) in [6.07, 6.45) is 3.72. The number of nitrogens with zero attached hydrogens (tertiary/aromatic N) is 2. The Morgan fingerprint density at radius 1 is 1.45 bits per heavy atom. The van der Waals surface area contributed by atoms with Crippen LogP contribution in [0.15, 0.2) is 29.6 Å². The second-order valence-corrected chi connectivity index (χ2v) is 7.62. The first-order valence-electron chi connectivity index (χ1n) is 7.53. The molecule has 0 saturated heterocycles. The highest BCUT2D eigenvalue weighted by Crippen LogP contribution is 2.41. The first kappa shape index (κ1) is 15.6. The molecule has 2 aromatic rings. The summed E-state index contributed by atoms with van der Waals surface area (Å²) in [5, 5.41) is 3.42. The van der Waals surface area contributed by atoms with E-state index in [1.165, 1.54) is 41.7 Å². The summed E-state index contributed by atoms with van der Waals surface area (Å²) in [4.78, 5) is 17.6. The van der Waals surface area contributed by atoms with Crippen LogP contribution in [0.1, 0.15) is 41.8 Å². The molecule has 1 aromatic heterocycles. The van der Waals surface area contributed by atoms with Gasteiger partial charge in [0.15, 0.2) is 5.13 Å². The van der Waals surface area contributed by atoms with Crippen LogP contribution in [-0.4, -0.2) is 17.9 Å². The Morgan fingerprint density at radius 2 is 2.27 bits per heavy atom. The van der Waals surface area contributed by atoms with E-state index in [-0.39, 0.29) is 5.91 Å². The van der Waals surface area contributed by atoms with Gasteiger partial charge in [-0.3, -0.25) is 9.69 Å². The molecule has 0 unspecified atom stereocenters. The minimum absolute atomic E-state index is 0.0229. The number of aromatic nitrogens is 1. The van der Waals surface area contributed by atoms with Crippen molar-refractivity contribution in [3.8, 4) is 0 Å². The first-order valence-corrected chi connectivity index (χ1v) is 9.46. The minimum Gasteiger partial charge on any atom is -0.292 e. The number of thioether (sulfide) groups is 1. The van der Waals surface area contributed by atoms with Crippen LogP contribution in [-0.2, 0) is 17.0 Å². The molecule has 22 heavy (non-hydrogen) atoms. The second-order valence-electron chi connectivity index (χ2n) is 5.59. The molecule has 0 aliphatic heterocycles. The quantitative estimate of drug-likeness (QED) is 0.830. The number of rotatable bonds is 4. The lowest BCUT2D eigenvalue weighted by Crippen LogP contribution is -2.22. The Morgan fingerprint density at radius 3 is 3.09 bits per heavy atom. The van der Waals surface area contributed by atoms with Crippen LogP contribution in [0.3, 0.4) is 0 Å². The molecular weight excluding hydrogens is 312 g/mol. The highest BCUT2D eigenvalue weighted by Gasteiger charge is 2.20. The van der Waals surface area contributed by atoms with Crippen molar-refractivity contribution in [2.24, 2.45) is 0 Å². The number of carbonyl (C=O) groups excluding carboxylic acids is 1. The van der Waals surface area contributed by atoms with E-state index in [2.05, 4.69) is 34.6 Å². The van der Waals surface area contributed by atoms with E-state index >= 15 is 0 Å². The maximum Gasteiger partial charge on any atom is 0.225 e. The average Bonchev–Trinajstić information content (AvgIpc) is 3.01. The lowest BCUT2D eigenvalue weighted by Gasteiger charge is -2.24. The molecule has 1 aliphatic carbocycles. The van der Waals surface area contributed by atoms with Gasteiger partial charge in [-0.1, -0.05) is 24.3 Å². The normalized spacial score (nSPS) is 17.1. The third-order valence-electron chi connectivity index (χ3n) is 4.05. The van der Waals surface area contributed by atoms with Gasteiger partial charge >= 0.3 is 0 Å². The number of hydrogen-bond acceptors (Lipinski definition) is 4. The zero-order valence-electron chi connectivity index (χ0n) is 12.9. The number of carbonyl (C=O) groups is 1. The van der Waals surface area contributed by atoms with Crippen molar-refractivity contribution in [1.82, 2.24) is 4.98 Å². The first-order chi connectivity index (χ1) is 10.6. The molecular formula is C17H20N2OS2. The van der Waals surface area contributed by atoms with E-state index in [9.17, 15) is 4.79 Å². The Kier molecular flexibility index (Phi) is 4.84. The summed E-state index contributed by atoms with van der Waals surface area (Å²) in [5.41, 5.74) is 4.07. The van der Waals surface area contributed by atoms with Crippen LogP contribution < -0.4 is 4.90 Å². The second kappa shape index (κ2) is 6.84. The Labute approximate surface area is 139 Å². The fraction of sp³-hybridized carbons (Fsp3) is 0.412. The molecule has 3 rings (SSSR count). The topological polar surface area (TPSA) is 33.2 Å². The Bertz CT molecular complexity index is 668. The van der Waals surface area contributed by atoms with E-state index in [4.69, 9.17) is 0 Å². The lowest BCUT2D eigenvalue weighted by atomic mass is 9.91. The standard InChI is InChI=1S/C17H20N2OS2/c1-12(20)19(2)17-18-14(11-22-17)10-21-16-9-5-7-13-6-3-4-8-15(13)16/h3-4,6,8,11,16H,5,7,9-10H2,1-2H3/t16-/m0/s1. The number of hydrogen-bond donors (Lipinski definition) is 0. The molecule has 116 valence electrons. The molecule has 0 fully saturated rings. The molecule has 0 spiro atoms. The van der Waals surface area contributed by atoms with Gasteiger partial charge in [-0.05, 0) is 30.4 Å². The monoisotopic (exact) mass is 332 g/mol. The highest BCUT2D eigenvalue weighted by atomic mass is 32.2. The van der Waals surface area contributed by atoms with Gasteiger partial charge in [0.05, 0.1) is 5.69 Å². The number of amides is 1. The molecule has 0 bridgehead atoms. The summed E-state index contributed by atoms with van der Waals surface area (Å²) in [6.45, 7) is 1.56. The maximum atomic E-state index is 11.4. The van der Waals surface area contributed by atoms with Crippen molar-refractivity contribution >= 4 is 34.1 Å². The van der Waals surface area contributed by atoms with E-state index in [0.717, 1.165) is 16.6 Å². The Hall–Kier alpha value is -1.33. The minimum atomic E-state index is 0.0229. The maximum absolute atomic E-state index is 11.4. The number of benzene rings is 1. The zero-order chi connectivity index (χ0) is 15.5. The molecule has 1 heterocycles. The van der Waals surface area contributed by atoms with Crippen molar-refractivity contribution in [2.75, 3.05) is 11.9 Å². The van der Waals surface area contributed by atoms with Gasteiger partial charge < -0.3 is 0 Å².